The first kappa shape index (κ1) is 19.8. The fourth-order valence-electron chi connectivity index (χ4n) is 2.19. The molecule has 0 bridgehead atoms. The highest BCUT2D eigenvalue weighted by Crippen LogP contribution is 2.27. The van der Waals surface area contributed by atoms with Crippen LogP contribution in [0.1, 0.15) is 15.9 Å². The molecular formula is C17H14F2N2O6. The molecule has 0 saturated heterocycles. The molecule has 2 aromatic carbocycles. The lowest BCUT2D eigenvalue weighted by atomic mass is 10.1. The maximum Gasteiger partial charge on any atom is 0.387 e. The lowest BCUT2D eigenvalue weighted by Gasteiger charge is -2.11. The minimum Gasteiger partial charge on any atom is -0.452 e. The van der Waals surface area contributed by atoms with E-state index in [9.17, 15) is 28.5 Å². The van der Waals surface area contributed by atoms with Crippen molar-refractivity contribution in [3.63, 3.8) is 0 Å². The van der Waals surface area contributed by atoms with Gasteiger partial charge in [-0.15, -0.1) is 0 Å². The number of alkyl halides is 2. The Morgan fingerprint density at radius 1 is 1.19 bits per heavy atom. The molecule has 0 aliphatic rings. The van der Waals surface area contributed by atoms with Crippen LogP contribution in [-0.2, 0) is 9.53 Å². The van der Waals surface area contributed by atoms with Crippen molar-refractivity contribution >= 4 is 23.3 Å². The quantitative estimate of drug-likeness (QED) is 0.449. The molecule has 0 atom stereocenters. The van der Waals surface area contributed by atoms with Gasteiger partial charge in [-0.05, 0) is 24.6 Å². The molecule has 2 rings (SSSR count). The average molecular weight is 380 g/mol. The second-order valence-electron chi connectivity index (χ2n) is 5.23. The summed E-state index contributed by atoms with van der Waals surface area (Å²) in [6.07, 6.45) is 0. The third-order valence-corrected chi connectivity index (χ3v) is 3.37. The van der Waals surface area contributed by atoms with Crippen molar-refractivity contribution in [2.75, 3.05) is 11.9 Å². The Morgan fingerprint density at radius 2 is 1.89 bits per heavy atom. The van der Waals surface area contributed by atoms with Gasteiger partial charge >= 0.3 is 12.6 Å². The summed E-state index contributed by atoms with van der Waals surface area (Å²) in [4.78, 5) is 34.4. The van der Waals surface area contributed by atoms with Gasteiger partial charge in [-0.2, -0.15) is 8.78 Å². The number of rotatable bonds is 7. The number of carbonyl (C=O) groups excluding carboxylic acids is 2. The predicted octanol–water partition coefficient (Wildman–Crippen LogP) is 3.30. The van der Waals surface area contributed by atoms with Gasteiger partial charge in [0.1, 0.15) is 17.0 Å². The Labute approximate surface area is 151 Å². The van der Waals surface area contributed by atoms with E-state index in [1.54, 1.807) is 13.0 Å². The highest BCUT2D eigenvalue weighted by atomic mass is 19.3. The van der Waals surface area contributed by atoms with Gasteiger partial charge in [0.05, 0.1) is 4.92 Å². The highest BCUT2D eigenvalue weighted by Gasteiger charge is 2.20. The first-order chi connectivity index (χ1) is 12.8. The monoisotopic (exact) mass is 380 g/mol. The van der Waals surface area contributed by atoms with E-state index in [1.807, 2.05) is 0 Å². The number of esters is 1. The van der Waals surface area contributed by atoms with E-state index in [2.05, 4.69) is 10.1 Å². The number of nitrogens with one attached hydrogen (secondary N) is 1. The maximum atomic E-state index is 12.4. The van der Waals surface area contributed by atoms with Crippen LogP contribution in [0.15, 0.2) is 42.5 Å². The molecule has 0 aliphatic carbocycles. The van der Waals surface area contributed by atoms with Gasteiger partial charge in [0.2, 0.25) is 0 Å². The standard InChI is InChI=1S/C17H14F2N2O6/c1-10-5-4-7-12(21(24)25)15(10)20-14(22)9-26-16(23)11-6-2-3-8-13(11)27-17(18)19/h2-8,17H,9H2,1H3,(H,20,22). The van der Waals surface area contributed by atoms with Crippen molar-refractivity contribution in [2.45, 2.75) is 13.5 Å². The largest absolute Gasteiger partial charge is 0.452 e. The predicted molar refractivity (Wildman–Crippen MR) is 89.8 cm³/mol. The van der Waals surface area contributed by atoms with E-state index in [-0.39, 0.29) is 16.9 Å². The van der Waals surface area contributed by atoms with Crippen LogP contribution in [0.4, 0.5) is 20.2 Å². The Bertz CT molecular complexity index is 872. The summed E-state index contributed by atoms with van der Waals surface area (Å²) in [6, 6.07) is 9.38. The van der Waals surface area contributed by atoms with Crippen LogP contribution in [-0.4, -0.2) is 30.0 Å². The molecule has 0 fully saturated rings. The van der Waals surface area contributed by atoms with Crippen molar-refractivity contribution in [2.24, 2.45) is 0 Å². The zero-order valence-electron chi connectivity index (χ0n) is 14.0. The number of carbonyl (C=O) groups is 2. The van der Waals surface area contributed by atoms with Gasteiger partial charge in [-0.1, -0.05) is 24.3 Å². The van der Waals surface area contributed by atoms with E-state index in [0.29, 0.717) is 5.56 Å². The molecule has 0 unspecified atom stereocenters. The summed E-state index contributed by atoms with van der Waals surface area (Å²) in [5.41, 5.74) is -0.178. The van der Waals surface area contributed by atoms with Gasteiger partial charge in [-0.3, -0.25) is 14.9 Å². The molecule has 0 radical (unpaired) electrons. The number of nitro groups is 1. The van der Waals surface area contributed by atoms with Crippen LogP contribution >= 0.6 is 0 Å². The molecule has 0 spiro atoms. The molecule has 0 saturated carbocycles. The number of nitro benzene ring substituents is 1. The molecule has 1 amide bonds. The van der Waals surface area contributed by atoms with Gasteiger partial charge in [0.15, 0.2) is 6.61 Å². The summed E-state index contributed by atoms with van der Waals surface area (Å²) < 4.78 is 33.7. The number of ether oxygens (including phenoxy) is 2. The normalized spacial score (nSPS) is 10.4. The molecular weight excluding hydrogens is 366 g/mol. The number of halogens is 2. The third-order valence-electron chi connectivity index (χ3n) is 3.37. The van der Waals surface area contributed by atoms with E-state index < -0.39 is 35.8 Å². The fourth-order valence-corrected chi connectivity index (χ4v) is 2.19. The molecule has 2 aromatic rings. The van der Waals surface area contributed by atoms with Crippen molar-refractivity contribution in [3.8, 4) is 5.75 Å². The summed E-state index contributed by atoms with van der Waals surface area (Å²) in [5.74, 6) is -2.28. The number of amides is 1. The smallest absolute Gasteiger partial charge is 0.387 e. The van der Waals surface area contributed by atoms with E-state index in [1.165, 1.54) is 30.3 Å². The molecule has 27 heavy (non-hydrogen) atoms. The molecule has 142 valence electrons. The first-order valence-electron chi connectivity index (χ1n) is 7.54. The summed E-state index contributed by atoms with van der Waals surface area (Å²) >= 11 is 0. The van der Waals surface area contributed by atoms with Crippen LogP contribution in [0.25, 0.3) is 0 Å². The zero-order valence-corrected chi connectivity index (χ0v) is 14.0. The van der Waals surface area contributed by atoms with Crippen LogP contribution in [0, 0.1) is 17.0 Å². The number of para-hydroxylation sites is 2. The molecule has 10 heteroatoms. The number of hydrogen-bond acceptors (Lipinski definition) is 6. The second kappa shape index (κ2) is 8.70. The lowest BCUT2D eigenvalue weighted by molar-refractivity contribution is -0.384. The molecule has 0 aliphatic heterocycles. The van der Waals surface area contributed by atoms with Crippen LogP contribution < -0.4 is 10.1 Å². The van der Waals surface area contributed by atoms with Crippen LogP contribution in [0.3, 0.4) is 0 Å². The van der Waals surface area contributed by atoms with Crippen molar-refractivity contribution in [3.05, 3.63) is 63.7 Å². The lowest BCUT2D eigenvalue weighted by Crippen LogP contribution is -2.22. The zero-order chi connectivity index (χ0) is 20.0. The van der Waals surface area contributed by atoms with E-state index >= 15 is 0 Å². The average Bonchev–Trinajstić information content (AvgIpc) is 2.61. The van der Waals surface area contributed by atoms with E-state index in [4.69, 9.17) is 4.74 Å². The molecule has 0 heterocycles. The van der Waals surface area contributed by atoms with Crippen molar-refractivity contribution < 1.29 is 32.8 Å². The minimum atomic E-state index is -3.14. The fraction of sp³-hybridized carbons (Fsp3) is 0.176. The van der Waals surface area contributed by atoms with Crippen molar-refractivity contribution in [1.82, 2.24) is 0 Å². The number of benzene rings is 2. The third kappa shape index (κ3) is 5.21. The summed E-state index contributed by atoms with van der Waals surface area (Å²) in [5, 5.41) is 13.3. The number of anilines is 1. The Balaban J connectivity index is 2.05. The van der Waals surface area contributed by atoms with Gasteiger partial charge in [0, 0.05) is 6.07 Å². The van der Waals surface area contributed by atoms with E-state index in [0.717, 1.165) is 6.07 Å². The van der Waals surface area contributed by atoms with Gasteiger partial charge in [-0.25, -0.2) is 4.79 Å². The van der Waals surface area contributed by atoms with Crippen LogP contribution in [0.5, 0.6) is 5.75 Å². The number of hydrogen-bond donors (Lipinski definition) is 1. The summed E-state index contributed by atoms with van der Waals surface area (Å²) in [7, 11) is 0. The first-order valence-corrected chi connectivity index (χ1v) is 7.54. The second-order valence-corrected chi connectivity index (χ2v) is 5.23. The van der Waals surface area contributed by atoms with Gasteiger partial charge in [0.25, 0.3) is 11.6 Å². The van der Waals surface area contributed by atoms with Crippen LogP contribution in [0.2, 0.25) is 0 Å². The van der Waals surface area contributed by atoms with Gasteiger partial charge < -0.3 is 14.8 Å². The molecule has 1 N–H and O–H groups in total. The minimum absolute atomic E-state index is 0.0232. The highest BCUT2D eigenvalue weighted by molar-refractivity contribution is 5.98. The molecule has 8 nitrogen and oxygen atoms in total. The Kier molecular flexibility index (Phi) is 6.36. The number of aryl methyl sites for hydroxylation is 1. The SMILES string of the molecule is Cc1cccc([N+](=O)[O-])c1NC(=O)COC(=O)c1ccccc1OC(F)F. The summed E-state index contributed by atoms with van der Waals surface area (Å²) in [6.45, 7) is -2.34. The maximum absolute atomic E-state index is 12.4. The van der Waals surface area contributed by atoms with Crippen molar-refractivity contribution in [1.29, 1.82) is 0 Å². The molecule has 0 aromatic heterocycles. The number of nitrogens with zero attached hydrogens (tertiary/aromatic N) is 1. The Morgan fingerprint density at radius 3 is 2.56 bits per heavy atom. The topological polar surface area (TPSA) is 108 Å². The Hall–Kier alpha value is -3.56.